The van der Waals surface area contributed by atoms with Crippen LogP contribution in [0.2, 0.25) is 0 Å². The fourth-order valence-electron chi connectivity index (χ4n) is 2.49. The third-order valence-electron chi connectivity index (χ3n) is 4.20. The Morgan fingerprint density at radius 2 is 1.50 bits per heavy atom. The topological polar surface area (TPSA) is 99.3 Å². The Balaban J connectivity index is 1.91. The molecule has 0 saturated heterocycles. The first kappa shape index (κ1) is 22.9. The predicted octanol–water partition coefficient (Wildman–Crippen LogP) is 3.86. The van der Waals surface area contributed by atoms with Crippen molar-refractivity contribution in [2.75, 3.05) is 29.0 Å². The van der Waals surface area contributed by atoms with Gasteiger partial charge in [-0.2, -0.15) is 0 Å². The van der Waals surface area contributed by atoms with E-state index in [0.29, 0.717) is 29.2 Å². The van der Waals surface area contributed by atoms with E-state index in [2.05, 4.69) is 21.3 Å². The molecule has 0 aliphatic heterocycles. The van der Waals surface area contributed by atoms with Gasteiger partial charge in [0.15, 0.2) is 0 Å². The summed E-state index contributed by atoms with van der Waals surface area (Å²) in [6.45, 7) is 8.17. The summed E-state index contributed by atoms with van der Waals surface area (Å²) in [6, 6.07) is 14.0. The molecule has 3 amide bonds. The van der Waals surface area contributed by atoms with Gasteiger partial charge in [-0.3, -0.25) is 14.4 Å². The predicted molar refractivity (Wildman–Crippen MR) is 121 cm³/mol. The van der Waals surface area contributed by atoms with Gasteiger partial charge in [-0.15, -0.1) is 0 Å². The van der Waals surface area contributed by atoms with Crippen LogP contribution in [0.1, 0.15) is 44.5 Å². The van der Waals surface area contributed by atoms with Crippen LogP contribution in [0.25, 0.3) is 0 Å². The first-order valence-corrected chi connectivity index (χ1v) is 10.0. The Hall–Kier alpha value is -3.35. The monoisotopic (exact) mass is 410 g/mol. The van der Waals surface area contributed by atoms with Crippen LogP contribution in [0.5, 0.6) is 0 Å². The number of benzene rings is 2. The summed E-state index contributed by atoms with van der Waals surface area (Å²) in [7, 11) is 0. The van der Waals surface area contributed by atoms with Crippen LogP contribution in [-0.4, -0.2) is 30.8 Å². The van der Waals surface area contributed by atoms with Crippen LogP contribution >= 0.6 is 0 Å². The van der Waals surface area contributed by atoms with Crippen LogP contribution in [0, 0.1) is 5.41 Å². The fraction of sp³-hybridized carbons (Fsp3) is 0.348. The molecular formula is C23H30N4O3. The molecule has 0 spiro atoms. The van der Waals surface area contributed by atoms with Gasteiger partial charge >= 0.3 is 0 Å². The van der Waals surface area contributed by atoms with Crippen molar-refractivity contribution in [1.82, 2.24) is 5.32 Å². The van der Waals surface area contributed by atoms with Crippen molar-refractivity contribution in [3.63, 3.8) is 0 Å². The van der Waals surface area contributed by atoms with E-state index in [1.807, 2.05) is 33.8 Å². The van der Waals surface area contributed by atoms with E-state index in [-0.39, 0.29) is 24.3 Å². The van der Waals surface area contributed by atoms with Crippen molar-refractivity contribution in [2.24, 2.45) is 5.41 Å². The number of hydrogen-bond acceptors (Lipinski definition) is 4. The van der Waals surface area contributed by atoms with E-state index in [0.717, 1.165) is 6.42 Å². The maximum Gasteiger partial charge on any atom is 0.251 e. The molecule has 30 heavy (non-hydrogen) atoms. The lowest BCUT2D eigenvalue weighted by Crippen LogP contribution is -2.27. The molecule has 0 bridgehead atoms. The van der Waals surface area contributed by atoms with E-state index in [1.165, 1.54) is 0 Å². The second-order valence-corrected chi connectivity index (χ2v) is 8.02. The van der Waals surface area contributed by atoms with Crippen LogP contribution < -0.4 is 21.3 Å². The van der Waals surface area contributed by atoms with Gasteiger partial charge in [-0.05, 0) is 42.8 Å². The number of hydrogen-bond donors (Lipinski definition) is 4. The highest BCUT2D eigenvalue weighted by Gasteiger charge is 2.21. The molecule has 0 atom stereocenters. The summed E-state index contributed by atoms with van der Waals surface area (Å²) in [5, 5.41) is 11.5. The minimum atomic E-state index is -0.495. The average Bonchev–Trinajstić information content (AvgIpc) is 2.70. The summed E-state index contributed by atoms with van der Waals surface area (Å²) >= 11 is 0. The third kappa shape index (κ3) is 7.24. The highest BCUT2D eigenvalue weighted by molar-refractivity contribution is 5.98. The molecule has 0 radical (unpaired) electrons. The lowest BCUT2D eigenvalue weighted by atomic mass is 9.95. The van der Waals surface area contributed by atoms with E-state index in [4.69, 9.17) is 0 Å². The molecule has 0 aliphatic carbocycles. The number of amides is 3. The molecule has 0 aliphatic rings. The van der Waals surface area contributed by atoms with Crippen molar-refractivity contribution in [1.29, 1.82) is 0 Å². The lowest BCUT2D eigenvalue weighted by molar-refractivity contribution is -0.123. The van der Waals surface area contributed by atoms with Crippen LogP contribution in [0.4, 0.5) is 17.1 Å². The molecule has 0 aromatic heterocycles. The summed E-state index contributed by atoms with van der Waals surface area (Å²) < 4.78 is 0. The molecule has 0 saturated carbocycles. The molecule has 7 nitrogen and oxygen atoms in total. The van der Waals surface area contributed by atoms with Gasteiger partial charge in [0.05, 0.1) is 6.54 Å². The number of nitrogens with one attached hydrogen (secondary N) is 4. The summed E-state index contributed by atoms with van der Waals surface area (Å²) in [5.74, 6) is -0.495. The molecule has 0 fully saturated rings. The minimum absolute atomic E-state index is 0.0446. The number of carbonyl (C=O) groups excluding carboxylic acids is 3. The van der Waals surface area contributed by atoms with Gasteiger partial charge in [0.25, 0.3) is 5.91 Å². The van der Waals surface area contributed by atoms with Crippen molar-refractivity contribution in [3.8, 4) is 0 Å². The highest BCUT2D eigenvalue weighted by atomic mass is 16.2. The molecular weight excluding hydrogens is 380 g/mol. The Kier molecular flexibility index (Phi) is 7.98. The smallest absolute Gasteiger partial charge is 0.251 e. The molecule has 4 N–H and O–H groups in total. The zero-order chi connectivity index (χ0) is 22.1. The van der Waals surface area contributed by atoms with E-state index in [9.17, 15) is 14.4 Å². The summed E-state index contributed by atoms with van der Waals surface area (Å²) in [4.78, 5) is 36.5. The van der Waals surface area contributed by atoms with Crippen LogP contribution in [0.3, 0.4) is 0 Å². The maximum atomic E-state index is 12.3. The standard InChI is InChI=1S/C23H30N4O3/c1-5-12-24-21(29)16-8-6-10-18(13-16)26-20(28)15-25-17-9-7-11-19(14-17)27-22(30)23(2,3)4/h6-11,13-14,25H,5,12,15H2,1-4H3,(H,24,29)(H,26,28)(H,27,30). The summed E-state index contributed by atoms with van der Waals surface area (Å²) in [5.41, 5.74) is 1.93. The van der Waals surface area contributed by atoms with E-state index in [1.54, 1.807) is 42.5 Å². The number of anilines is 3. The Bertz CT molecular complexity index is 903. The van der Waals surface area contributed by atoms with Crippen molar-refractivity contribution in [2.45, 2.75) is 34.1 Å². The normalized spacial score (nSPS) is 10.8. The van der Waals surface area contributed by atoms with Crippen molar-refractivity contribution >= 4 is 34.8 Å². The first-order chi connectivity index (χ1) is 14.2. The zero-order valence-corrected chi connectivity index (χ0v) is 18.0. The first-order valence-electron chi connectivity index (χ1n) is 10.0. The van der Waals surface area contributed by atoms with Gasteiger partial charge in [-0.1, -0.05) is 39.8 Å². The quantitative estimate of drug-likeness (QED) is 0.531. The Morgan fingerprint density at radius 3 is 2.17 bits per heavy atom. The second-order valence-electron chi connectivity index (χ2n) is 8.02. The van der Waals surface area contributed by atoms with Gasteiger partial charge < -0.3 is 21.3 Å². The minimum Gasteiger partial charge on any atom is -0.376 e. The molecule has 0 heterocycles. The van der Waals surface area contributed by atoms with Crippen LogP contribution in [0.15, 0.2) is 48.5 Å². The Morgan fingerprint density at radius 1 is 0.867 bits per heavy atom. The number of rotatable bonds is 8. The largest absolute Gasteiger partial charge is 0.376 e. The van der Waals surface area contributed by atoms with E-state index >= 15 is 0 Å². The van der Waals surface area contributed by atoms with Gasteiger partial charge in [0.2, 0.25) is 11.8 Å². The fourth-order valence-corrected chi connectivity index (χ4v) is 2.49. The Labute approximate surface area is 177 Å². The molecule has 2 aromatic rings. The molecule has 7 heteroatoms. The average molecular weight is 411 g/mol. The molecule has 160 valence electrons. The van der Waals surface area contributed by atoms with Gasteiger partial charge in [0.1, 0.15) is 0 Å². The zero-order valence-electron chi connectivity index (χ0n) is 18.0. The second kappa shape index (κ2) is 10.4. The third-order valence-corrected chi connectivity index (χ3v) is 4.20. The molecule has 2 rings (SSSR count). The van der Waals surface area contributed by atoms with Crippen LogP contribution in [-0.2, 0) is 9.59 Å². The van der Waals surface area contributed by atoms with Gasteiger partial charge in [-0.25, -0.2) is 0 Å². The molecule has 2 aromatic carbocycles. The van der Waals surface area contributed by atoms with Crippen molar-refractivity contribution < 1.29 is 14.4 Å². The van der Waals surface area contributed by atoms with Gasteiger partial charge in [0, 0.05) is 34.6 Å². The van der Waals surface area contributed by atoms with Crippen molar-refractivity contribution in [3.05, 3.63) is 54.1 Å². The summed E-state index contributed by atoms with van der Waals surface area (Å²) in [6.07, 6.45) is 0.856. The SMILES string of the molecule is CCCNC(=O)c1cccc(NC(=O)CNc2cccc(NC(=O)C(C)(C)C)c2)c1. The maximum absolute atomic E-state index is 12.3. The molecule has 0 unspecified atom stereocenters. The lowest BCUT2D eigenvalue weighted by Gasteiger charge is -2.18. The number of carbonyl (C=O) groups is 3. The van der Waals surface area contributed by atoms with E-state index < -0.39 is 5.41 Å². The highest BCUT2D eigenvalue weighted by Crippen LogP contribution is 2.20.